The SMILES string of the molecule is COc1ccc(C(=O)O/C(=C\c2c(Cl)c[nH]c(=O)c2Cl)c2ccc(OC)c(OC)c2)cc1OC. The molecule has 0 aliphatic rings. The van der Waals surface area contributed by atoms with Crippen molar-refractivity contribution in [1.29, 1.82) is 0 Å². The number of hydrogen-bond acceptors (Lipinski definition) is 7. The van der Waals surface area contributed by atoms with Crippen molar-refractivity contribution in [2.75, 3.05) is 28.4 Å². The van der Waals surface area contributed by atoms with Crippen LogP contribution in [-0.2, 0) is 4.74 Å². The van der Waals surface area contributed by atoms with E-state index in [1.54, 1.807) is 24.3 Å². The number of rotatable bonds is 8. The van der Waals surface area contributed by atoms with Crippen LogP contribution in [0.25, 0.3) is 11.8 Å². The molecule has 0 spiro atoms. The predicted octanol–water partition coefficient (Wildman–Crippen LogP) is 5.07. The zero-order valence-electron chi connectivity index (χ0n) is 18.7. The Hall–Kier alpha value is -3.62. The van der Waals surface area contributed by atoms with Gasteiger partial charge in [0.15, 0.2) is 23.0 Å². The number of benzene rings is 2. The van der Waals surface area contributed by atoms with Gasteiger partial charge in [-0.25, -0.2) is 4.79 Å². The quantitative estimate of drug-likeness (QED) is 0.337. The Balaban J connectivity index is 2.12. The summed E-state index contributed by atoms with van der Waals surface area (Å²) in [5, 5.41) is -0.00242. The molecule has 0 fully saturated rings. The van der Waals surface area contributed by atoms with Crippen LogP contribution in [0.15, 0.2) is 47.4 Å². The highest BCUT2D eigenvalue weighted by atomic mass is 35.5. The highest BCUT2D eigenvalue weighted by molar-refractivity contribution is 6.37. The fraction of sp³-hybridized carbons (Fsp3) is 0.167. The molecule has 0 unspecified atom stereocenters. The molecule has 3 aromatic rings. The Labute approximate surface area is 205 Å². The maximum Gasteiger partial charge on any atom is 0.343 e. The van der Waals surface area contributed by atoms with Crippen LogP contribution in [0, 0.1) is 0 Å². The first kappa shape index (κ1) is 25.0. The number of methoxy groups -OCH3 is 4. The second-order valence-electron chi connectivity index (χ2n) is 6.73. The number of halogens is 2. The first-order chi connectivity index (χ1) is 16.3. The van der Waals surface area contributed by atoms with Crippen LogP contribution < -0.4 is 24.5 Å². The van der Waals surface area contributed by atoms with Crippen LogP contribution in [0.5, 0.6) is 23.0 Å². The monoisotopic (exact) mass is 505 g/mol. The first-order valence-electron chi connectivity index (χ1n) is 9.77. The predicted molar refractivity (Wildman–Crippen MR) is 129 cm³/mol. The van der Waals surface area contributed by atoms with Gasteiger partial charge in [-0.1, -0.05) is 23.2 Å². The Bertz CT molecular complexity index is 1300. The van der Waals surface area contributed by atoms with Gasteiger partial charge in [0.1, 0.15) is 10.8 Å². The number of aromatic nitrogens is 1. The van der Waals surface area contributed by atoms with Gasteiger partial charge in [0.05, 0.1) is 39.0 Å². The van der Waals surface area contributed by atoms with Gasteiger partial charge in [0.25, 0.3) is 5.56 Å². The third kappa shape index (κ3) is 5.30. The third-order valence-corrected chi connectivity index (χ3v) is 5.48. The van der Waals surface area contributed by atoms with Gasteiger partial charge >= 0.3 is 5.97 Å². The van der Waals surface area contributed by atoms with Gasteiger partial charge in [-0.15, -0.1) is 0 Å². The summed E-state index contributed by atoms with van der Waals surface area (Å²) in [6, 6.07) is 9.52. The fourth-order valence-corrected chi connectivity index (χ4v) is 3.51. The van der Waals surface area contributed by atoms with Crippen LogP contribution in [0.2, 0.25) is 10.0 Å². The van der Waals surface area contributed by atoms with Crippen molar-refractivity contribution in [2.45, 2.75) is 0 Å². The van der Waals surface area contributed by atoms with E-state index in [2.05, 4.69) is 4.98 Å². The van der Waals surface area contributed by atoms with Crippen molar-refractivity contribution >= 4 is 41.0 Å². The maximum atomic E-state index is 13.1. The topological polar surface area (TPSA) is 96.1 Å². The summed E-state index contributed by atoms with van der Waals surface area (Å²) in [6.07, 6.45) is 2.70. The Kier molecular flexibility index (Phi) is 8.09. The number of ether oxygens (including phenoxy) is 5. The molecule has 0 saturated heterocycles. The molecule has 10 heteroatoms. The van der Waals surface area contributed by atoms with E-state index in [1.807, 2.05) is 0 Å². The molecular weight excluding hydrogens is 485 g/mol. The number of aromatic amines is 1. The van der Waals surface area contributed by atoms with E-state index < -0.39 is 11.5 Å². The van der Waals surface area contributed by atoms with E-state index in [-0.39, 0.29) is 26.9 Å². The molecule has 0 aliphatic heterocycles. The number of H-pyrrole nitrogens is 1. The molecule has 178 valence electrons. The number of carbonyl (C=O) groups excluding carboxylic acids is 1. The summed E-state index contributed by atoms with van der Waals surface area (Å²) >= 11 is 12.4. The minimum absolute atomic E-state index is 0.0649. The molecule has 3 rings (SSSR count). The number of hydrogen-bond donors (Lipinski definition) is 1. The van der Waals surface area contributed by atoms with Crippen LogP contribution >= 0.6 is 23.2 Å². The van der Waals surface area contributed by atoms with Crippen LogP contribution in [0.3, 0.4) is 0 Å². The largest absolute Gasteiger partial charge is 0.493 e. The third-order valence-electron chi connectivity index (χ3n) is 4.79. The van der Waals surface area contributed by atoms with Gasteiger partial charge in [-0.3, -0.25) is 4.79 Å². The highest BCUT2D eigenvalue weighted by Gasteiger charge is 2.19. The molecule has 8 nitrogen and oxygen atoms in total. The molecule has 0 atom stereocenters. The highest BCUT2D eigenvalue weighted by Crippen LogP contribution is 2.34. The lowest BCUT2D eigenvalue weighted by molar-refractivity contribution is 0.0693. The second-order valence-corrected chi connectivity index (χ2v) is 7.52. The smallest absolute Gasteiger partial charge is 0.343 e. The van der Waals surface area contributed by atoms with Crippen molar-refractivity contribution in [2.24, 2.45) is 0 Å². The first-order valence-corrected chi connectivity index (χ1v) is 10.5. The Morgan fingerprint density at radius 3 is 1.91 bits per heavy atom. The zero-order chi connectivity index (χ0) is 24.8. The Morgan fingerprint density at radius 2 is 1.35 bits per heavy atom. The minimum Gasteiger partial charge on any atom is -0.493 e. The summed E-state index contributed by atoms with van der Waals surface area (Å²) in [7, 11) is 5.92. The van der Waals surface area contributed by atoms with Crippen molar-refractivity contribution in [3.05, 3.63) is 79.7 Å². The molecule has 0 saturated carbocycles. The van der Waals surface area contributed by atoms with Crippen LogP contribution in [0.4, 0.5) is 0 Å². The molecule has 1 N–H and O–H groups in total. The molecule has 34 heavy (non-hydrogen) atoms. The lowest BCUT2D eigenvalue weighted by Gasteiger charge is -2.14. The van der Waals surface area contributed by atoms with E-state index in [1.165, 1.54) is 52.8 Å². The fourth-order valence-electron chi connectivity index (χ4n) is 3.04. The van der Waals surface area contributed by atoms with Gasteiger partial charge in [0.2, 0.25) is 0 Å². The van der Waals surface area contributed by atoms with Gasteiger partial charge in [-0.2, -0.15) is 0 Å². The number of esters is 1. The number of nitrogens with one attached hydrogen (secondary N) is 1. The standard InChI is InChI=1S/C24H21Cl2NO7/c1-30-17-7-5-13(9-20(17)32-3)19(11-15-16(25)12-27-23(28)22(15)26)34-24(29)14-6-8-18(31-2)21(10-14)33-4/h5-12H,1-4H3,(H,27,28)/b19-11-. The zero-order valence-corrected chi connectivity index (χ0v) is 20.2. The van der Waals surface area contributed by atoms with Crippen molar-refractivity contribution in [1.82, 2.24) is 4.98 Å². The number of pyridine rings is 1. The molecule has 0 aliphatic carbocycles. The number of carbonyl (C=O) groups is 1. The van der Waals surface area contributed by atoms with E-state index in [4.69, 9.17) is 46.9 Å². The molecule has 2 aromatic carbocycles. The second kappa shape index (κ2) is 11.0. The van der Waals surface area contributed by atoms with Gasteiger partial charge in [-0.05, 0) is 42.5 Å². The lowest BCUT2D eigenvalue weighted by Crippen LogP contribution is -2.08. The van der Waals surface area contributed by atoms with E-state index in [0.29, 0.717) is 28.6 Å². The van der Waals surface area contributed by atoms with Crippen molar-refractivity contribution in [3.8, 4) is 23.0 Å². The van der Waals surface area contributed by atoms with Crippen molar-refractivity contribution < 1.29 is 28.5 Å². The molecule has 1 aromatic heterocycles. The lowest BCUT2D eigenvalue weighted by atomic mass is 10.1. The summed E-state index contributed by atoms with van der Waals surface area (Å²) in [5.74, 6) is 1.06. The summed E-state index contributed by atoms with van der Waals surface area (Å²) < 4.78 is 26.8. The summed E-state index contributed by atoms with van der Waals surface area (Å²) in [5.41, 5.74) is 0.276. The van der Waals surface area contributed by atoms with Crippen molar-refractivity contribution in [3.63, 3.8) is 0 Å². The van der Waals surface area contributed by atoms with E-state index >= 15 is 0 Å². The van der Waals surface area contributed by atoms with E-state index in [9.17, 15) is 9.59 Å². The Morgan fingerprint density at radius 1 is 0.824 bits per heavy atom. The average Bonchev–Trinajstić information content (AvgIpc) is 2.87. The summed E-state index contributed by atoms with van der Waals surface area (Å²) in [6.45, 7) is 0. The van der Waals surface area contributed by atoms with Gasteiger partial charge < -0.3 is 28.7 Å². The van der Waals surface area contributed by atoms with Gasteiger partial charge in [0, 0.05) is 17.3 Å². The maximum absolute atomic E-state index is 13.1. The molecular formula is C24H21Cl2NO7. The molecule has 0 bridgehead atoms. The summed E-state index contributed by atoms with van der Waals surface area (Å²) in [4.78, 5) is 27.5. The molecule has 0 amide bonds. The van der Waals surface area contributed by atoms with E-state index in [0.717, 1.165) is 0 Å². The van der Waals surface area contributed by atoms with Crippen LogP contribution in [-0.4, -0.2) is 39.4 Å². The normalized spacial score (nSPS) is 11.1. The molecule has 0 radical (unpaired) electrons. The average molecular weight is 506 g/mol. The van der Waals surface area contributed by atoms with Crippen LogP contribution in [0.1, 0.15) is 21.5 Å². The molecule has 1 heterocycles. The minimum atomic E-state index is -0.695.